The van der Waals surface area contributed by atoms with Crippen LogP contribution in [0, 0.1) is 5.92 Å². The molecule has 0 radical (unpaired) electrons. The van der Waals surface area contributed by atoms with Crippen LogP contribution >= 0.6 is 0 Å². The third kappa shape index (κ3) is 3.20. The van der Waals surface area contributed by atoms with Crippen LogP contribution in [-0.2, 0) is 26.3 Å². The maximum atomic E-state index is 5.01. The standard InChI is InChI=1S/C21H24N6/c1-26-13-16(12-23-26)11-15-7-10-27(14-15)21-18-3-2-4-19(18)24-20(25-21)17-5-8-22-9-6-17/h5-6,8-9,12-13,15H,2-4,7,10-11,14H2,1H3. The van der Waals surface area contributed by atoms with E-state index in [-0.39, 0.29) is 0 Å². The zero-order chi connectivity index (χ0) is 18.2. The van der Waals surface area contributed by atoms with Gasteiger partial charge in [-0.05, 0) is 55.7 Å². The van der Waals surface area contributed by atoms with E-state index in [4.69, 9.17) is 9.97 Å². The van der Waals surface area contributed by atoms with E-state index in [0.717, 1.165) is 49.6 Å². The molecule has 27 heavy (non-hydrogen) atoms. The highest BCUT2D eigenvalue weighted by atomic mass is 15.2. The number of nitrogens with zero attached hydrogens (tertiary/aromatic N) is 6. The molecule has 2 aliphatic rings. The van der Waals surface area contributed by atoms with E-state index in [2.05, 4.69) is 21.2 Å². The second kappa shape index (κ2) is 6.76. The summed E-state index contributed by atoms with van der Waals surface area (Å²) in [6, 6.07) is 3.99. The Bertz CT molecular complexity index is 949. The van der Waals surface area contributed by atoms with Crippen LogP contribution in [0.2, 0.25) is 0 Å². The summed E-state index contributed by atoms with van der Waals surface area (Å²) in [4.78, 5) is 16.5. The number of hydrogen-bond acceptors (Lipinski definition) is 5. The van der Waals surface area contributed by atoms with Crippen LogP contribution in [0.3, 0.4) is 0 Å². The summed E-state index contributed by atoms with van der Waals surface area (Å²) in [5.74, 6) is 2.66. The van der Waals surface area contributed by atoms with Gasteiger partial charge in [0.1, 0.15) is 5.82 Å². The highest BCUT2D eigenvalue weighted by molar-refractivity contribution is 5.61. The summed E-state index contributed by atoms with van der Waals surface area (Å²) in [5.41, 5.74) is 4.99. The smallest absolute Gasteiger partial charge is 0.161 e. The molecule has 1 unspecified atom stereocenters. The molecule has 4 heterocycles. The van der Waals surface area contributed by atoms with Crippen molar-refractivity contribution in [3.05, 3.63) is 53.7 Å². The van der Waals surface area contributed by atoms with Gasteiger partial charge in [-0.1, -0.05) is 0 Å². The molecule has 0 saturated carbocycles. The molecular weight excluding hydrogens is 336 g/mol. The van der Waals surface area contributed by atoms with Crippen LogP contribution in [0.1, 0.15) is 29.7 Å². The van der Waals surface area contributed by atoms with Crippen LogP contribution in [0.25, 0.3) is 11.4 Å². The molecule has 5 rings (SSSR count). The Kier molecular flexibility index (Phi) is 4.11. The molecule has 3 aromatic heterocycles. The Morgan fingerprint density at radius 1 is 1.15 bits per heavy atom. The van der Waals surface area contributed by atoms with Crippen molar-refractivity contribution in [1.82, 2.24) is 24.7 Å². The molecular formula is C21H24N6. The molecule has 0 aromatic carbocycles. The van der Waals surface area contributed by atoms with Crippen LogP contribution in [-0.4, -0.2) is 37.8 Å². The van der Waals surface area contributed by atoms with Crippen molar-refractivity contribution < 1.29 is 0 Å². The van der Waals surface area contributed by atoms with Crippen molar-refractivity contribution in [3.8, 4) is 11.4 Å². The lowest BCUT2D eigenvalue weighted by Crippen LogP contribution is -2.23. The van der Waals surface area contributed by atoms with Gasteiger partial charge >= 0.3 is 0 Å². The lowest BCUT2D eigenvalue weighted by atomic mass is 10.0. The van der Waals surface area contributed by atoms with Gasteiger partial charge in [0, 0.05) is 55.5 Å². The first kappa shape index (κ1) is 16.4. The molecule has 3 aromatic rings. The van der Waals surface area contributed by atoms with E-state index in [1.807, 2.05) is 42.5 Å². The van der Waals surface area contributed by atoms with E-state index in [9.17, 15) is 0 Å². The maximum Gasteiger partial charge on any atom is 0.161 e. The molecule has 1 aliphatic heterocycles. The van der Waals surface area contributed by atoms with Crippen LogP contribution in [0.15, 0.2) is 36.9 Å². The number of fused-ring (bicyclic) bond motifs is 1. The van der Waals surface area contributed by atoms with E-state index >= 15 is 0 Å². The van der Waals surface area contributed by atoms with Crippen LogP contribution in [0.5, 0.6) is 0 Å². The van der Waals surface area contributed by atoms with Gasteiger partial charge in [-0.3, -0.25) is 9.67 Å². The topological polar surface area (TPSA) is 59.7 Å². The van der Waals surface area contributed by atoms with Gasteiger partial charge in [-0.15, -0.1) is 0 Å². The van der Waals surface area contributed by atoms with E-state index in [1.54, 1.807) is 0 Å². The molecule has 0 spiro atoms. The highest BCUT2D eigenvalue weighted by Crippen LogP contribution is 2.34. The Morgan fingerprint density at radius 3 is 2.85 bits per heavy atom. The highest BCUT2D eigenvalue weighted by Gasteiger charge is 2.29. The van der Waals surface area contributed by atoms with Crippen molar-refractivity contribution >= 4 is 5.82 Å². The summed E-state index contributed by atoms with van der Waals surface area (Å²) in [6.45, 7) is 2.14. The second-order valence-electron chi connectivity index (χ2n) is 7.71. The molecule has 0 amide bonds. The summed E-state index contributed by atoms with van der Waals surface area (Å²) in [7, 11) is 1.98. The molecule has 0 N–H and O–H groups in total. The predicted molar refractivity (Wildman–Crippen MR) is 105 cm³/mol. The number of hydrogen-bond donors (Lipinski definition) is 0. The predicted octanol–water partition coefficient (Wildman–Crippen LogP) is 2.83. The van der Waals surface area contributed by atoms with Gasteiger partial charge in [0.25, 0.3) is 0 Å². The number of aromatic nitrogens is 5. The largest absolute Gasteiger partial charge is 0.356 e. The summed E-state index contributed by atoms with van der Waals surface area (Å²) >= 11 is 0. The summed E-state index contributed by atoms with van der Waals surface area (Å²) in [5, 5.41) is 4.31. The van der Waals surface area contributed by atoms with Crippen molar-refractivity contribution in [3.63, 3.8) is 0 Å². The average molecular weight is 360 g/mol. The third-order valence-electron chi connectivity index (χ3n) is 5.72. The monoisotopic (exact) mass is 360 g/mol. The number of rotatable bonds is 4. The first-order valence-corrected chi connectivity index (χ1v) is 9.79. The van der Waals surface area contributed by atoms with Crippen molar-refractivity contribution in [2.45, 2.75) is 32.1 Å². The number of pyridine rings is 1. The van der Waals surface area contributed by atoms with Gasteiger partial charge < -0.3 is 4.90 Å². The fourth-order valence-corrected chi connectivity index (χ4v) is 4.41. The zero-order valence-electron chi connectivity index (χ0n) is 15.7. The van der Waals surface area contributed by atoms with Gasteiger partial charge in [0.15, 0.2) is 5.82 Å². The van der Waals surface area contributed by atoms with Crippen molar-refractivity contribution in [2.75, 3.05) is 18.0 Å². The zero-order valence-corrected chi connectivity index (χ0v) is 15.7. The molecule has 0 bridgehead atoms. The molecule has 6 heteroatoms. The van der Waals surface area contributed by atoms with Crippen LogP contribution < -0.4 is 4.90 Å². The average Bonchev–Trinajstić information content (AvgIpc) is 3.43. The first-order valence-electron chi connectivity index (χ1n) is 9.79. The fourth-order valence-electron chi connectivity index (χ4n) is 4.41. The first-order chi connectivity index (χ1) is 13.3. The lowest BCUT2D eigenvalue weighted by Gasteiger charge is -2.21. The minimum Gasteiger partial charge on any atom is -0.356 e. The number of anilines is 1. The Hall–Kier alpha value is -2.76. The van der Waals surface area contributed by atoms with E-state index in [1.165, 1.54) is 29.7 Å². The van der Waals surface area contributed by atoms with Crippen molar-refractivity contribution in [2.24, 2.45) is 13.0 Å². The number of aryl methyl sites for hydroxylation is 2. The fraction of sp³-hybridized carbons (Fsp3) is 0.429. The molecule has 1 fully saturated rings. The van der Waals surface area contributed by atoms with Gasteiger partial charge in [-0.2, -0.15) is 5.10 Å². The van der Waals surface area contributed by atoms with Crippen LogP contribution in [0.4, 0.5) is 5.82 Å². The SMILES string of the molecule is Cn1cc(CC2CCN(c3nc(-c4ccncc4)nc4c3CCC4)C2)cn1. The normalized spacial score (nSPS) is 18.9. The minimum absolute atomic E-state index is 0.658. The summed E-state index contributed by atoms with van der Waals surface area (Å²) < 4.78 is 1.89. The summed E-state index contributed by atoms with van der Waals surface area (Å²) in [6.07, 6.45) is 13.4. The third-order valence-corrected chi connectivity index (χ3v) is 5.72. The minimum atomic E-state index is 0.658. The van der Waals surface area contributed by atoms with E-state index < -0.39 is 0 Å². The molecule has 138 valence electrons. The second-order valence-corrected chi connectivity index (χ2v) is 7.71. The Morgan fingerprint density at radius 2 is 2.04 bits per heavy atom. The Labute approximate surface area is 159 Å². The van der Waals surface area contributed by atoms with Gasteiger partial charge in [0.2, 0.25) is 0 Å². The quantitative estimate of drug-likeness (QED) is 0.716. The molecule has 1 atom stereocenters. The molecule has 6 nitrogen and oxygen atoms in total. The van der Waals surface area contributed by atoms with E-state index in [0.29, 0.717) is 5.92 Å². The molecule has 1 aliphatic carbocycles. The van der Waals surface area contributed by atoms with Gasteiger partial charge in [-0.25, -0.2) is 9.97 Å². The molecule has 1 saturated heterocycles. The Balaban J connectivity index is 1.42. The van der Waals surface area contributed by atoms with Crippen molar-refractivity contribution in [1.29, 1.82) is 0 Å². The van der Waals surface area contributed by atoms with Gasteiger partial charge in [0.05, 0.1) is 6.20 Å². The maximum absolute atomic E-state index is 5.01. The lowest BCUT2D eigenvalue weighted by molar-refractivity contribution is 0.585.